The number of benzene rings is 1. The van der Waals surface area contributed by atoms with Crippen LogP contribution in [0.4, 0.5) is 5.69 Å². The number of carboxylic acid groups (broad SMARTS) is 1. The molecule has 114 valence electrons. The molecule has 0 heterocycles. The van der Waals surface area contributed by atoms with E-state index in [1.165, 1.54) is 0 Å². The molecule has 5 heteroatoms. The zero-order chi connectivity index (χ0) is 15.3. The summed E-state index contributed by atoms with van der Waals surface area (Å²) in [7, 11) is 1.64. The highest BCUT2D eigenvalue weighted by atomic mass is 16.5. The van der Waals surface area contributed by atoms with Crippen molar-refractivity contribution in [3.63, 3.8) is 0 Å². The Morgan fingerprint density at radius 2 is 1.95 bits per heavy atom. The van der Waals surface area contributed by atoms with Crippen LogP contribution in [-0.4, -0.2) is 30.7 Å². The fourth-order valence-corrected chi connectivity index (χ4v) is 2.64. The van der Waals surface area contributed by atoms with Gasteiger partial charge in [0.25, 0.3) is 0 Å². The third-order valence-electron chi connectivity index (χ3n) is 4.14. The van der Waals surface area contributed by atoms with Gasteiger partial charge >= 0.3 is 5.97 Å². The monoisotopic (exact) mass is 291 g/mol. The summed E-state index contributed by atoms with van der Waals surface area (Å²) in [5.74, 6) is -0.823. The van der Waals surface area contributed by atoms with E-state index in [2.05, 4.69) is 5.32 Å². The predicted molar refractivity (Wildman–Crippen MR) is 79.2 cm³/mol. The summed E-state index contributed by atoms with van der Waals surface area (Å²) in [6.07, 6.45) is 3.62. The van der Waals surface area contributed by atoms with Crippen molar-refractivity contribution in [2.75, 3.05) is 19.0 Å². The molecular formula is C16H21NO4. The number of hydrogen-bond acceptors (Lipinski definition) is 3. The minimum absolute atomic E-state index is 0.00793. The summed E-state index contributed by atoms with van der Waals surface area (Å²) in [5.41, 5.74) is 1.13. The molecule has 1 aromatic rings. The van der Waals surface area contributed by atoms with Crippen LogP contribution in [0.5, 0.6) is 0 Å². The minimum atomic E-state index is -0.861. The molecule has 5 nitrogen and oxygen atoms in total. The molecule has 1 fully saturated rings. The van der Waals surface area contributed by atoms with E-state index >= 15 is 0 Å². The number of ether oxygens (including phenoxy) is 1. The SMILES string of the molecule is COCCC1(C(=O)Nc2ccc(CC(=O)O)cc2)CCC1. The Bertz CT molecular complexity index is 506. The molecule has 1 aliphatic rings. The summed E-state index contributed by atoms with van der Waals surface area (Å²) in [5, 5.41) is 11.7. The fourth-order valence-electron chi connectivity index (χ4n) is 2.64. The lowest BCUT2D eigenvalue weighted by molar-refractivity contribution is -0.136. The van der Waals surface area contributed by atoms with Gasteiger partial charge in [0, 0.05) is 19.4 Å². The first kappa shape index (κ1) is 15.5. The van der Waals surface area contributed by atoms with Gasteiger partial charge in [0.1, 0.15) is 0 Å². The van der Waals surface area contributed by atoms with Crippen LogP contribution in [0.15, 0.2) is 24.3 Å². The minimum Gasteiger partial charge on any atom is -0.481 e. The lowest BCUT2D eigenvalue weighted by Crippen LogP contribution is -2.42. The Morgan fingerprint density at radius 1 is 1.29 bits per heavy atom. The van der Waals surface area contributed by atoms with Crippen LogP contribution in [0.3, 0.4) is 0 Å². The molecule has 0 unspecified atom stereocenters. The molecule has 0 aliphatic heterocycles. The standard InChI is InChI=1S/C16H21NO4/c1-21-10-9-16(7-2-8-16)15(20)17-13-5-3-12(4-6-13)11-14(18)19/h3-6H,2,7-11H2,1H3,(H,17,20)(H,18,19). The van der Waals surface area contributed by atoms with Crippen molar-refractivity contribution >= 4 is 17.6 Å². The molecule has 0 bridgehead atoms. The van der Waals surface area contributed by atoms with Crippen molar-refractivity contribution in [2.24, 2.45) is 5.41 Å². The number of hydrogen-bond donors (Lipinski definition) is 2. The van der Waals surface area contributed by atoms with E-state index in [4.69, 9.17) is 9.84 Å². The Morgan fingerprint density at radius 3 is 2.43 bits per heavy atom. The Kier molecular flexibility index (Phi) is 4.96. The van der Waals surface area contributed by atoms with E-state index in [0.717, 1.165) is 31.2 Å². The van der Waals surface area contributed by atoms with Gasteiger partial charge in [-0.2, -0.15) is 0 Å². The Balaban J connectivity index is 1.97. The first-order valence-corrected chi connectivity index (χ1v) is 7.17. The molecule has 0 aromatic heterocycles. The largest absolute Gasteiger partial charge is 0.481 e. The van der Waals surface area contributed by atoms with Crippen LogP contribution in [0, 0.1) is 5.41 Å². The number of nitrogens with one attached hydrogen (secondary N) is 1. The van der Waals surface area contributed by atoms with Crippen LogP contribution in [0.1, 0.15) is 31.2 Å². The van der Waals surface area contributed by atoms with E-state index in [9.17, 15) is 9.59 Å². The van der Waals surface area contributed by atoms with E-state index in [1.807, 2.05) is 0 Å². The summed E-state index contributed by atoms with van der Waals surface area (Å²) in [6.45, 7) is 0.588. The molecule has 2 N–H and O–H groups in total. The number of carboxylic acids is 1. The highest BCUT2D eigenvalue weighted by molar-refractivity contribution is 5.96. The first-order valence-electron chi connectivity index (χ1n) is 7.17. The molecule has 2 rings (SSSR count). The number of anilines is 1. The van der Waals surface area contributed by atoms with Gasteiger partial charge in [-0.3, -0.25) is 9.59 Å². The maximum atomic E-state index is 12.4. The molecule has 0 spiro atoms. The van der Waals surface area contributed by atoms with Crippen molar-refractivity contribution in [3.8, 4) is 0 Å². The first-order chi connectivity index (χ1) is 10.1. The van der Waals surface area contributed by atoms with Gasteiger partial charge < -0.3 is 15.2 Å². The third kappa shape index (κ3) is 3.82. The van der Waals surface area contributed by atoms with Gasteiger partial charge in [0.2, 0.25) is 5.91 Å². The Labute approximate surface area is 124 Å². The van der Waals surface area contributed by atoms with Crippen LogP contribution in [0.2, 0.25) is 0 Å². The third-order valence-corrected chi connectivity index (χ3v) is 4.14. The second-order valence-electron chi connectivity index (χ2n) is 5.60. The van der Waals surface area contributed by atoms with Crippen LogP contribution >= 0.6 is 0 Å². The number of amides is 1. The normalized spacial score (nSPS) is 16.0. The van der Waals surface area contributed by atoms with Crippen molar-refractivity contribution in [2.45, 2.75) is 32.1 Å². The number of carbonyl (C=O) groups excluding carboxylic acids is 1. The van der Waals surface area contributed by atoms with Gasteiger partial charge in [0.05, 0.1) is 11.8 Å². The second-order valence-corrected chi connectivity index (χ2v) is 5.60. The van der Waals surface area contributed by atoms with Crippen LogP contribution in [0.25, 0.3) is 0 Å². The van der Waals surface area contributed by atoms with E-state index in [1.54, 1.807) is 31.4 Å². The van der Waals surface area contributed by atoms with Crippen LogP contribution in [-0.2, 0) is 20.7 Å². The van der Waals surface area contributed by atoms with Gasteiger partial charge in [-0.1, -0.05) is 18.6 Å². The molecule has 1 aromatic carbocycles. The smallest absolute Gasteiger partial charge is 0.307 e. The predicted octanol–water partition coefficient (Wildman–Crippen LogP) is 2.46. The van der Waals surface area contributed by atoms with Crippen molar-refractivity contribution in [1.82, 2.24) is 0 Å². The molecule has 1 aliphatic carbocycles. The van der Waals surface area contributed by atoms with Gasteiger partial charge in [-0.25, -0.2) is 0 Å². The van der Waals surface area contributed by atoms with Crippen molar-refractivity contribution < 1.29 is 19.4 Å². The summed E-state index contributed by atoms with van der Waals surface area (Å²) in [6, 6.07) is 6.95. The summed E-state index contributed by atoms with van der Waals surface area (Å²) >= 11 is 0. The van der Waals surface area contributed by atoms with Gasteiger partial charge in [-0.05, 0) is 37.0 Å². The quantitative estimate of drug-likeness (QED) is 0.809. The van der Waals surface area contributed by atoms with Gasteiger partial charge in [0.15, 0.2) is 0 Å². The average Bonchev–Trinajstić information content (AvgIpc) is 2.39. The van der Waals surface area contributed by atoms with Crippen molar-refractivity contribution in [3.05, 3.63) is 29.8 Å². The highest BCUT2D eigenvalue weighted by Crippen LogP contribution is 2.44. The molecule has 21 heavy (non-hydrogen) atoms. The number of carbonyl (C=O) groups is 2. The number of aliphatic carboxylic acids is 1. The zero-order valence-corrected chi connectivity index (χ0v) is 12.2. The van der Waals surface area contributed by atoms with Crippen molar-refractivity contribution in [1.29, 1.82) is 0 Å². The molecule has 1 amide bonds. The maximum Gasteiger partial charge on any atom is 0.307 e. The molecular weight excluding hydrogens is 270 g/mol. The summed E-state index contributed by atoms with van der Waals surface area (Å²) in [4.78, 5) is 23.1. The Hall–Kier alpha value is -1.88. The van der Waals surface area contributed by atoms with Crippen LogP contribution < -0.4 is 5.32 Å². The zero-order valence-electron chi connectivity index (χ0n) is 12.2. The molecule has 0 atom stereocenters. The number of methoxy groups -OCH3 is 1. The molecule has 0 saturated heterocycles. The lowest BCUT2D eigenvalue weighted by Gasteiger charge is -2.40. The molecule has 1 saturated carbocycles. The fraction of sp³-hybridized carbons (Fsp3) is 0.500. The summed E-state index contributed by atoms with van der Waals surface area (Å²) < 4.78 is 5.09. The lowest BCUT2D eigenvalue weighted by atomic mass is 9.66. The van der Waals surface area contributed by atoms with Gasteiger partial charge in [-0.15, -0.1) is 0 Å². The number of rotatable bonds is 7. The van der Waals surface area contributed by atoms with E-state index < -0.39 is 5.97 Å². The second kappa shape index (κ2) is 6.72. The topological polar surface area (TPSA) is 75.6 Å². The van der Waals surface area contributed by atoms with E-state index in [0.29, 0.717) is 12.3 Å². The van der Waals surface area contributed by atoms with E-state index in [-0.39, 0.29) is 17.7 Å². The molecule has 0 radical (unpaired) electrons. The highest BCUT2D eigenvalue weighted by Gasteiger charge is 2.43. The average molecular weight is 291 g/mol. The maximum absolute atomic E-state index is 12.4.